The quantitative estimate of drug-likeness (QED) is 0.908. The van der Waals surface area contributed by atoms with Crippen LogP contribution in [-0.4, -0.2) is 29.4 Å². The lowest BCUT2D eigenvalue weighted by atomic mass is 9.87. The zero-order valence-electron chi connectivity index (χ0n) is 13.3. The molecule has 120 valence electrons. The topological polar surface area (TPSA) is 71.1 Å². The van der Waals surface area contributed by atoms with Crippen LogP contribution in [0.2, 0.25) is 0 Å². The Hall–Kier alpha value is -2.21. The molecule has 1 aromatic heterocycles. The van der Waals surface area contributed by atoms with Crippen molar-refractivity contribution >= 4 is 23.2 Å². The van der Waals surface area contributed by atoms with Gasteiger partial charge in [-0.1, -0.05) is 26.0 Å². The molecule has 1 saturated heterocycles. The van der Waals surface area contributed by atoms with E-state index in [0.717, 1.165) is 16.3 Å². The Bertz CT molecular complexity index is 749. The molecule has 23 heavy (non-hydrogen) atoms. The number of hydrogen-bond donors (Lipinski definition) is 2. The van der Waals surface area contributed by atoms with Crippen molar-refractivity contribution in [1.82, 2.24) is 15.6 Å². The van der Waals surface area contributed by atoms with Gasteiger partial charge < -0.3 is 10.6 Å². The van der Waals surface area contributed by atoms with Gasteiger partial charge >= 0.3 is 0 Å². The van der Waals surface area contributed by atoms with Gasteiger partial charge in [0.2, 0.25) is 5.91 Å². The molecule has 0 spiro atoms. The zero-order valence-corrected chi connectivity index (χ0v) is 14.2. The summed E-state index contributed by atoms with van der Waals surface area (Å²) in [7, 11) is 0. The van der Waals surface area contributed by atoms with Crippen LogP contribution >= 0.6 is 11.3 Å². The minimum absolute atomic E-state index is 0.127. The molecule has 1 fully saturated rings. The monoisotopic (exact) mass is 329 g/mol. The average molecular weight is 329 g/mol. The van der Waals surface area contributed by atoms with Gasteiger partial charge in [-0.05, 0) is 19.1 Å². The Balaban J connectivity index is 1.74. The molecule has 0 bridgehead atoms. The highest BCUT2D eigenvalue weighted by atomic mass is 32.1. The van der Waals surface area contributed by atoms with Crippen molar-refractivity contribution < 1.29 is 9.59 Å². The molecule has 2 amide bonds. The summed E-state index contributed by atoms with van der Waals surface area (Å²) in [6.45, 7) is 6.45. The Kier molecular flexibility index (Phi) is 3.93. The molecule has 1 aromatic carbocycles. The third-order valence-electron chi connectivity index (χ3n) is 4.10. The second kappa shape index (κ2) is 5.77. The highest BCUT2D eigenvalue weighted by Crippen LogP contribution is 2.25. The van der Waals surface area contributed by atoms with Crippen LogP contribution in [0.15, 0.2) is 29.6 Å². The molecule has 1 atom stereocenters. The SMILES string of the molecule is Cc1nc(-c2ccc(C(=O)NC3C(=O)NCC3(C)C)cc2)cs1. The lowest BCUT2D eigenvalue weighted by molar-refractivity contribution is -0.121. The molecule has 1 unspecified atom stereocenters. The van der Waals surface area contributed by atoms with Crippen molar-refractivity contribution in [3.8, 4) is 11.3 Å². The predicted molar refractivity (Wildman–Crippen MR) is 90.3 cm³/mol. The van der Waals surface area contributed by atoms with Crippen LogP contribution in [0.1, 0.15) is 29.2 Å². The number of thiazole rings is 1. The van der Waals surface area contributed by atoms with E-state index in [1.807, 2.05) is 38.3 Å². The van der Waals surface area contributed by atoms with Gasteiger partial charge in [-0.3, -0.25) is 9.59 Å². The van der Waals surface area contributed by atoms with Crippen molar-refractivity contribution in [1.29, 1.82) is 0 Å². The van der Waals surface area contributed by atoms with Crippen molar-refractivity contribution in [2.24, 2.45) is 5.41 Å². The van der Waals surface area contributed by atoms with Crippen LogP contribution < -0.4 is 10.6 Å². The minimum atomic E-state index is -0.504. The Morgan fingerprint density at radius 2 is 2.04 bits per heavy atom. The van der Waals surface area contributed by atoms with E-state index in [0.29, 0.717) is 12.1 Å². The number of carbonyl (C=O) groups excluding carboxylic acids is 2. The van der Waals surface area contributed by atoms with Crippen LogP contribution in [0.5, 0.6) is 0 Å². The Morgan fingerprint density at radius 3 is 2.57 bits per heavy atom. The number of carbonyl (C=O) groups is 2. The van der Waals surface area contributed by atoms with Gasteiger partial charge in [0.25, 0.3) is 5.91 Å². The number of nitrogens with one attached hydrogen (secondary N) is 2. The third kappa shape index (κ3) is 3.12. The van der Waals surface area contributed by atoms with Gasteiger partial charge in [0.05, 0.1) is 10.7 Å². The number of rotatable bonds is 3. The first-order chi connectivity index (χ1) is 10.9. The van der Waals surface area contributed by atoms with E-state index in [-0.39, 0.29) is 17.2 Å². The van der Waals surface area contributed by atoms with Crippen LogP contribution in [-0.2, 0) is 4.79 Å². The number of aromatic nitrogens is 1. The summed E-state index contributed by atoms with van der Waals surface area (Å²) in [4.78, 5) is 28.7. The van der Waals surface area contributed by atoms with E-state index >= 15 is 0 Å². The minimum Gasteiger partial charge on any atom is -0.354 e. The predicted octanol–water partition coefficient (Wildman–Crippen LogP) is 2.37. The van der Waals surface area contributed by atoms with Crippen molar-refractivity contribution in [3.05, 3.63) is 40.2 Å². The molecule has 0 aliphatic carbocycles. The van der Waals surface area contributed by atoms with Gasteiger partial charge in [0, 0.05) is 28.5 Å². The zero-order chi connectivity index (χ0) is 16.6. The summed E-state index contributed by atoms with van der Waals surface area (Å²) in [5, 5.41) is 8.63. The maximum Gasteiger partial charge on any atom is 0.251 e. The molecule has 5 nitrogen and oxygen atoms in total. The number of nitrogens with zero attached hydrogens (tertiary/aromatic N) is 1. The van der Waals surface area contributed by atoms with Crippen LogP contribution in [0.25, 0.3) is 11.3 Å². The first-order valence-corrected chi connectivity index (χ1v) is 8.36. The van der Waals surface area contributed by atoms with E-state index in [4.69, 9.17) is 0 Å². The molecule has 2 N–H and O–H groups in total. The number of benzene rings is 1. The molecule has 1 aliphatic rings. The van der Waals surface area contributed by atoms with Crippen LogP contribution in [0.3, 0.4) is 0 Å². The van der Waals surface area contributed by atoms with E-state index in [1.54, 1.807) is 23.5 Å². The van der Waals surface area contributed by atoms with Crippen molar-refractivity contribution in [3.63, 3.8) is 0 Å². The van der Waals surface area contributed by atoms with Crippen molar-refractivity contribution in [2.45, 2.75) is 26.8 Å². The molecule has 2 aromatic rings. The van der Waals surface area contributed by atoms with Gasteiger partial charge in [0.1, 0.15) is 6.04 Å². The van der Waals surface area contributed by atoms with Crippen molar-refractivity contribution in [2.75, 3.05) is 6.54 Å². The molecule has 1 aliphatic heterocycles. The normalized spacial score (nSPS) is 19.4. The number of hydrogen-bond acceptors (Lipinski definition) is 4. The maximum absolute atomic E-state index is 12.4. The lowest BCUT2D eigenvalue weighted by Crippen LogP contribution is -2.46. The van der Waals surface area contributed by atoms with E-state index in [9.17, 15) is 9.59 Å². The fourth-order valence-corrected chi connectivity index (χ4v) is 3.26. The van der Waals surface area contributed by atoms with Crippen LogP contribution in [0, 0.1) is 12.3 Å². The molecule has 0 radical (unpaired) electrons. The molecule has 0 saturated carbocycles. The highest BCUT2D eigenvalue weighted by molar-refractivity contribution is 7.09. The lowest BCUT2D eigenvalue weighted by Gasteiger charge is -2.24. The summed E-state index contributed by atoms with van der Waals surface area (Å²) in [5.41, 5.74) is 2.14. The number of aryl methyl sites for hydroxylation is 1. The smallest absolute Gasteiger partial charge is 0.251 e. The molecular weight excluding hydrogens is 310 g/mol. The average Bonchev–Trinajstić information content (AvgIpc) is 3.06. The fraction of sp³-hybridized carbons (Fsp3) is 0.353. The Morgan fingerprint density at radius 1 is 1.35 bits per heavy atom. The summed E-state index contributed by atoms with van der Waals surface area (Å²) in [5.74, 6) is -0.362. The third-order valence-corrected chi connectivity index (χ3v) is 4.87. The summed E-state index contributed by atoms with van der Waals surface area (Å²) in [6.07, 6.45) is 0. The van der Waals surface area contributed by atoms with Gasteiger partial charge in [-0.2, -0.15) is 0 Å². The van der Waals surface area contributed by atoms with Crippen LogP contribution in [0.4, 0.5) is 0 Å². The molecule has 2 heterocycles. The maximum atomic E-state index is 12.4. The second-order valence-corrected chi connectivity index (χ2v) is 7.50. The fourth-order valence-electron chi connectivity index (χ4n) is 2.64. The van der Waals surface area contributed by atoms with E-state index < -0.39 is 6.04 Å². The molecular formula is C17H19N3O2S. The Labute approximate surface area is 139 Å². The van der Waals surface area contributed by atoms with E-state index in [2.05, 4.69) is 15.6 Å². The number of amides is 2. The van der Waals surface area contributed by atoms with Gasteiger partial charge in [0.15, 0.2) is 0 Å². The summed E-state index contributed by atoms with van der Waals surface area (Å²) in [6, 6.07) is 6.78. The van der Waals surface area contributed by atoms with Gasteiger partial charge in [-0.15, -0.1) is 11.3 Å². The standard InChI is InChI=1S/C17H19N3O2S/c1-10-19-13(8-23-10)11-4-6-12(7-5-11)15(21)20-14-16(22)18-9-17(14,2)3/h4-8,14H,9H2,1-3H3,(H,18,22)(H,20,21). The highest BCUT2D eigenvalue weighted by Gasteiger charge is 2.42. The summed E-state index contributed by atoms with van der Waals surface area (Å²) < 4.78 is 0. The summed E-state index contributed by atoms with van der Waals surface area (Å²) >= 11 is 1.60. The molecule has 6 heteroatoms. The first kappa shape index (κ1) is 15.7. The van der Waals surface area contributed by atoms with E-state index in [1.165, 1.54) is 0 Å². The first-order valence-electron chi connectivity index (χ1n) is 7.48. The molecule has 3 rings (SSSR count). The second-order valence-electron chi connectivity index (χ2n) is 6.44. The van der Waals surface area contributed by atoms with Gasteiger partial charge in [-0.25, -0.2) is 4.98 Å². The largest absolute Gasteiger partial charge is 0.354 e.